The highest BCUT2D eigenvalue weighted by atomic mass is 16.2. The molecule has 4 nitrogen and oxygen atoms in total. The third-order valence-electron chi connectivity index (χ3n) is 3.81. The molecule has 0 aromatic rings. The molecule has 4 heteroatoms. The topological polar surface area (TPSA) is 44.4 Å². The number of nitrogens with one attached hydrogen (secondary N) is 2. The van der Waals surface area contributed by atoms with Crippen LogP contribution in [-0.2, 0) is 4.79 Å². The maximum absolute atomic E-state index is 11.8. The number of amides is 1. The summed E-state index contributed by atoms with van der Waals surface area (Å²) in [5.41, 5.74) is 0. The van der Waals surface area contributed by atoms with E-state index in [0.717, 1.165) is 38.6 Å². The Morgan fingerprint density at radius 2 is 2.12 bits per heavy atom. The number of hydrogen-bond donors (Lipinski definition) is 2. The quantitative estimate of drug-likeness (QED) is 0.690. The van der Waals surface area contributed by atoms with Crippen LogP contribution in [0.5, 0.6) is 0 Å². The minimum absolute atomic E-state index is 0.330. The van der Waals surface area contributed by atoms with Crippen LogP contribution in [0.15, 0.2) is 0 Å². The summed E-state index contributed by atoms with van der Waals surface area (Å²) in [6.45, 7) is 6.15. The highest BCUT2D eigenvalue weighted by Gasteiger charge is 2.17. The van der Waals surface area contributed by atoms with E-state index in [4.69, 9.17) is 0 Å². The van der Waals surface area contributed by atoms with Crippen molar-refractivity contribution in [3.05, 3.63) is 0 Å². The fraction of sp³-hybridized carbons (Fsp3) is 0.923. The average molecular weight is 239 g/mol. The molecule has 2 aliphatic heterocycles. The number of likely N-dealkylation sites (tertiary alicyclic amines) is 1. The van der Waals surface area contributed by atoms with Gasteiger partial charge in [0, 0.05) is 26.1 Å². The Bertz CT molecular complexity index is 233. The Balaban J connectivity index is 1.51. The Labute approximate surface area is 104 Å². The first-order valence-corrected chi connectivity index (χ1v) is 7.05. The second kappa shape index (κ2) is 6.97. The van der Waals surface area contributed by atoms with Crippen LogP contribution < -0.4 is 10.6 Å². The molecule has 2 heterocycles. The Morgan fingerprint density at radius 1 is 1.29 bits per heavy atom. The zero-order valence-electron chi connectivity index (χ0n) is 10.7. The predicted molar refractivity (Wildman–Crippen MR) is 68.9 cm³/mol. The first-order valence-electron chi connectivity index (χ1n) is 7.05. The van der Waals surface area contributed by atoms with Gasteiger partial charge < -0.3 is 15.5 Å². The van der Waals surface area contributed by atoms with E-state index >= 15 is 0 Å². The lowest BCUT2D eigenvalue weighted by Crippen LogP contribution is -2.37. The van der Waals surface area contributed by atoms with Gasteiger partial charge >= 0.3 is 0 Å². The Morgan fingerprint density at radius 3 is 2.82 bits per heavy atom. The van der Waals surface area contributed by atoms with E-state index in [9.17, 15) is 4.79 Å². The number of piperidine rings is 1. The molecule has 2 saturated heterocycles. The number of carbonyl (C=O) groups excluding carboxylic acids is 1. The van der Waals surface area contributed by atoms with Gasteiger partial charge in [-0.2, -0.15) is 0 Å². The fourth-order valence-electron chi connectivity index (χ4n) is 2.72. The van der Waals surface area contributed by atoms with E-state index in [1.165, 1.54) is 32.2 Å². The van der Waals surface area contributed by atoms with Crippen molar-refractivity contribution in [2.45, 2.75) is 32.1 Å². The van der Waals surface area contributed by atoms with Gasteiger partial charge in [0.05, 0.1) is 0 Å². The van der Waals surface area contributed by atoms with Crippen LogP contribution in [0.1, 0.15) is 32.1 Å². The molecule has 1 amide bonds. The van der Waals surface area contributed by atoms with E-state index in [1.807, 2.05) is 4.90 Å². The molecule has 2 fully saturated rings. The lowest BCUT2D eigenvalue weighted by atomic mass is 10.00. The van der Waals surface area contributed by atoms with Crippen LogP contribution in [0.2, 0.25) is 0 Å². The smallest absolute Gasteiger partial charge is 0.223 e. The van der Waals surface area contributed by atoms with E-state index < -0.39 is 0 Å². The van der Waals surface area contributed by atoms with Crippen LogP contribution in [0.25, 0.3) is 0 Å². The highest BCUT2D eigenvalue weighted by Crippen LogP contribution is 2.09. The maximum atomic E-state index is 11.8. The van der Waals surface area contributed by atoms with E-state index in [2.05, 4.69) is 10.6 Å². The van der Waals surface area contributed by atoms with Crippen molar-refractivity contribution in [2.75, 3.05) is 39.3 Å². The number of nitrogens with zero attached hydrogens (tertiary/aromatic N) is 1. The van der Waals surface area contributed by atoms with Crippen LogP contribution in [0.4, 0.5) is 0 Å². The number of rotatable bonds is 5. The molecule has 0 saturated carbocycles. The SMILES string of the molecule is O=C(CCNCC1CCCNC1)N1CCCC1. The second-order valence-electron chi connectivity index (χ2n) is 5.25. The molecule has 0 bridgehead atoms. The van der Waals surface area contributed by atoms with Gasteiger partial charge in [0.1, 0.15) is 0 Å². The first-order chi connectivity index (χ1) is 8.36. The van der Waals surface area contributed by atoms with Gasteiger partial charge in [-0.1, -0.05) is 0 Å². The molecule has 0 aliphatic carbocycles. The molecular formula is C13H25N3O. The molecule has 0 aromatic heterocycles. The van der Waals surface area contributed by atoms with Crippen LogP contribution in [0, 0.1) is 5.92 Å². The molecule has 2 rings (SSSR count). The standard InChI is InChI=1S/C13H25N3O/c17-13(16-8-1-2-9-16)5-7-15-11-12-4-3-6-14-10-12/h12,14-15H,1-11H2. The van der Waals surface area contributed by atoms with Gasteiger partial charge in [0.25, 0.3) is 0 Å². The lowest BCUT2D eigenvalue weighted by molar-refractivity contribution is -0.130. The summed E-state index contributed by atoms with van der Waals surface area (Å²) < 4.78 is 0. The van der Waals surface area contributed by atoms with Crippen molar-refractivity contribution in [2.24, 2.45) is 5.92 Å². The predicted octanol–water partition coefficient (Wildman–Crippen LogP) is 0.588. The first kappa shape index (κ1) is 12.8. The summed E-state index contributed by atoms with van der Waals surface area (Å²) in [6, 6.07) is 0. The molecule has 0 spiro atoms. The molecular weight excluding hydrogens is 214 g/mol. The van der Waals surface area contributed by atoms with Gasteiger partial charge in [-0.05, 0) is 51.2 Å². The van der Waals surface area contributed by atoms with Gasteiger partial charge in [-0.15, -0.1) is 0 Å². The van der Waals surface area contributed by atoms with Crippen molar-refractivity contribution < 1.29 is 4.79 Å². The summed E-state index contributed by atoms with van der Waals surface area (Å²) in [6.07, 6.45) is 5.65. The Kier molecular flexibility index (Phi) is 5.26. The van der Waals surface area contributed by atoms with Gasteiger partial charge in [0.15, 0.2) is 0 Å². The second-order valence-corrected chi connectivity index (χ2v) is 5.25. The average Bonchev–Trinajstić information content (AvgIpc) is 2.89. The molecule has 0 radical (unpaired) electrons. The molecule has 1 unspecified atom stereocenters. The zero-order chi connectivity index (χ0) is 11.9. The third-order valence-corrected chi connectivity index (χ3v) is 3.81. The molecule has 17 heavy (non-hydrogen) atoms. The molecule has 98 valence electrons. The van der Waals surface area contributed by atoms with Crippen LogP contribution >= 0.6 is 0 Å². The monoisotopic (exact) mass is 239 g/mol. The Hall–Kier alpha value is -0.610. The van der Waals surface area contributed by atoms with E-state index in [-0.39, 0.29) is 0 Å². The van der Waals surface area contributed by atoms with Crippen molar-refractivity contribution >= 4 is 5.91 Å². The molecule has 0 aromatic carbocycles. The van der Waals surface area contributed by atoms with Crippen molar-refractivity contribution in [3.63, 3.8) is 0 Å². The molecule has 2 aliphatic rings. The van der Waals surface area contributed by atoms with E-state index in [0.29, 0.717) is 12.3 Å². The van der Waals surface area contributed by atoms with Gasteiger partial charge in [0.2, 0.25) is 5.91 Å². The molecule has 2 N–H and O–H groups in total. The minimum atomic E-state index is 0.330. The third kappa shape index (κ3) is 4.28. The van der Waals surface area contributed by atoms with Crippen LogP contribution in [0.3, 0.4) is 0 Å². The van der Waals surface area contributed by atoms with Gasteiger partial charge in [-0.3, -0.25) is 4.79 Å². The number of hydrogen-bond acceptors (Lipinski definition) is 3. The number of carbonyl (C=O) groups is 1. The lowest BCUT2D eigenvalue weighted by Gasteiger charge is -2.23. The summed E-state index contributed by atoms with van der Waals surface area (Å²) in [5, 5.41) is 6.84. The normalized spacial score (nSPS) is 25.2. The summed E-state index contributed by atoms with van der Waals surface area (Å²) in [5.74, 6) is 1.09. The zero-order valence-corrected chi connectivity index (χ0v) is 10.7. The molecule has 1 atom stereocenters. The van der Waals surface area contributed by atoms with Crippen molar-refractivity contribution in [3.8, 4) is 0 Å². The van der Waals surface area contributed by atoms with Crippen LogP contribution in [-0.4, -0.2) is 50.1 Å². The largest absolute Gasteiger partial charge is 0.343 e. The van der Waals surface area contributed by atoms with Crippen molar-refractivity contribution in [1.29, 1.82) is 0 Å². The summed E-state index contributed by atoms with van der Waals surface area (Å²) >= 11 is 0. The highest BCUT2D eigenvalue weighted by molar-refractivity contribution is 5.76. The minimum Gasteiger partial charge on any atom is -0.343 e. The van der Waals surface area contributed by atoms with E-state index in [1.54, 1.807) is 0 Å². The summed E-state index contributed by atoms with van der Waals surface area (Å²) in [4.78, 5) is 13.8. The maximum Gasteiger partial charge on any atom is 0.223 e. The fourth-order valence-corrected chi connectivity index (χ4v) is 2.72. The van der Waals surface area contributed by atoms with Gasteiger partial charge in [-0.25, -0.2) is 0 Å². The van der Waals surface area contributed by atoms with Crippen molar-refractivity contribution in [1.82, 2.24) is 15.5 Å². The summed E-state index contributed by atoms with van der Waals surface area (Å²) in [7, 11) is 0.